The van der Waals surface area contributed by atoms with E-state index in [2.05, 4.69) is 20.5 Å². The quantitative estimate of drug-likeness (QED) is 0.911. The first-order chi connectivity index (χ1) is 8.74. The largest absolute Gasteiger partial charge is 0.368 e. The third-order valence-corrected chi connectivity index (χ3v) is 3.81. The van der Waals surface area contributed by atoms with E-state index in [1.807, 2.05) is 24.7 Å². The van der Waals surface area contributed by atoms with Crippen molar-refractivity contribution in [1.29, 1.82) is 0 Å². The van der Waals surface area contributed by atoms with Crippen LogP contribution in [0.1, 0.15) is 23.4 Å². The van der Waals surface area contributed by atoms with Gasteiger partial charge in [-0.25, -0.2) is 4.98 Å². The summed E-state index contributed by atoms with van der Waals surface area (Å²) in [7, 11) is 1.98. The highest BCUT2D eigenvalue weighted by Gasteiger charge is 2.32. The van der Waals surface area contributed by atoms with Gasteiger partial charge in [0.05, 0.1) is 6.04 Å². The number of nitrogens with one attached hydrogen (secondary N) is 1. The Hall–Kier alpha value is -1.47. The van der Waals surface area contributed by atoms with Gasteiger partial charge in [0.25, 0.3) is 0 Å². The van der Waals surface area contributed by atoms with Crippen molar-refractivity contribution in [1.82, 2.24) is 19.7 Å². The van der Waals surface area contributed by atoms with E-state index in [9.17, 15) is 0 Å². The topological polar surface area (TPSA) is 64.9 Å². The fourth-order valence-electron chi connectivity index (χ4n) is 2.16. The minimum absolute atomic E-state index is 0.0193. The van der Waals surface area contributed by atoms with E-state index in [0.29, 0.717) is 0 Å². The van der Waals surface area contributed by atoms with Crippen LogP contribution in [0.15, 0.2) is 12.4 Å². The second-order valence-corrected chi connectivity index (χ2v) is 5.54. The number of rotatable bonds is 3. The highest BCUT2D eigenvalue weighted by Crippen LogP contribution is 2.30. The number of ether oxygens (including phenoxy) is 1. The van der Waals surface area contributed by atoms with Gasteiger partial charge in [0.2, 0.25) is 5.13 Å². The molecule has 1 N–H and O–H groups in total. The first kappa shape index (κ1) is 11.6. The van der Waals surface area contributed by atoms with E-state index in [1.165, 1.54) is 0 Å². The molecule has 1 fully saturated rings. The van der Waals surface area contributed by atoms with Crippen molar-refractivity contribution in [2.24, 2.45) is 7.05 Å². The van der Waals surface area contributed by atoms with Crippen LogP contribution in [-0.4, -0.2) is 32.4 Å². The Bertz CT molecular complexity index is 537. The van der Waals surface area contributed by atoms with Crippen LogP contribution in [0.3, 0.4) is 0 Å². The molecule has 6 nitrogen and oxygen atoms in total. The maximum atomic E-state index is 5.78. The third kappa shape index (κ3) is 2.11. The number of anilines is 1. The molecule has 2 aromatic rings. The first-order valence-electron chi connectivity index (χ1n) is 5.89. The minimum Gasteiger partial charge on any atom is -0.368 e. The molecule has 1 saturated heterocycles. The average Bonchev–Trinajstić information content (AvgIpc) is 3.02. The van der Waals surface area contributed by atoms with Crippen molar-refractivity contribution in [3.8, 4) is 0 Å². The van der Waals surface area contributed by atoms with E-state index in [0.717, 1.165) is 29.0 Å². The lowest BCUT2D eigenvalue weighted by molar-refractivity contribution is 0.0983. The van der Waals surface area contributed by atoms with Crippen LogP contribution in [0.25, 0.3) is 0 Å². The van der Waals surface area contributed by atoms with E-state index >= 15 is 0 Å². The molecule has 0 spiro atoms. The molecule has 2 atom stereocenters. The van der Waals surface area contributed by atoms with E-state index in [4.69, 9.17) is 4.74 Å². The summed E-state index contributed by atoms with van der Waals surface area (Å²) in [5.74, 6) is 0.950. The number of aryl methyl sites for hydroxylation is 2. The van der Waals surface area contributed by atoms with Gasteiger partial charge in [-0.2, -0.15) is 0 Å². The highest BCUT2D eigenvalue weighted by molar-refractivity contribution is 7.15. The maximum absolute atomic E-state index is 5.78. The molecule has 0 saturated carbocycles. The molecular weight excluding hydrogens is 250 g/mol. The van der Waals surface area contributed by atoms with Gasteiger partial charge in [-0.15, -0.1) is 10.2 Å². The van der Waals surface area contributed by atoms with Gasteiger partial charge in [-0.05, 0) is 13.3 Å². The second kappa shape index (κ2) is 4.66. The molecule has 0 radical (unpaired) electrons. The zero-order valence-corrected chi connectivity index (χ0v) is 11.1. The Labute approximate surface area is 109 Å². The van der Waals surface area contributed by atoms with Crippen LogP contribution < -0.4 is 5.32 Å². The van der Waals surface area contributed by atoms with Crippen molar-refractivity contribution in [3.05, 3.63) is 23.2 Å². The third-order valence-electron chi connectivity index (χ3n) is 3.04. The standard InChI is InChI=1S/C11H15N5OS/c1-7-14-15-11(18-7)13-8-3-6-17-9(8)10-12-4-5-16(10)2/h4-5,8-9H,3,6H2,1-2H3,(H,13,15)/t8-,9-/m0/s1. The Kier molecular flexibility index (Phi) is 3.00. The predicted octanol–water partition coefficient (Wildman–Crippen LogP) is 1.52. The summed E-state index contributed by atoms with van der Waals surface area (Å²) >= 11 is 1.56. The smallest absolute Gasteiger partial charge is 0.205 e. The van der Waals surface area contributed by atoms with Crippen LogP contribution >= 0.6 is 11.3 Å². The molecular formula is C11H15N5OS. The van der Waals surface area contributed by atoms with Gasteiger partial charge < -0.3 is 14.6 Å². The lowest BCUT2D eigenvalue weighted by Gasteiger charge is -2.18. The molecule has 2 aromatic heterocycles. The van der Waals surface area contributed by atoms with Crippen molar-refractivity contribution >= 4 is 16.5 Å². The molecule has 3 heterocycles. The summed E-state index contributed by atoms with van der Waals surface area (Å²) in [5, 5.41) is 13.3. The minimum atomic E-state index is -0.0193. The number of imidazole rings is 1. The molecule has 3 rings (SSSR count). The Morgan fingerprint density at radius 1 is 1.50 bits per heavy atom. The van der Waals surface area contributed by atoms with Crippen LogP contribution in [0.2, 0.25) is 0 Å². The molecule has 18 heavy (non-hydrogen) atoms. The van der Waals surface area contributed by atoms with Gasteiger partial charge in [0.15, 0.2) is 0 Å². The number of hydrogen-bond donors (Lipinski definition) is 1. The molecule has 1 aliphatic rings. The lowest BCUT2D eigenvalue weighted by Crippen LogP contribution is -2.25. The molecule has 0 aromatic carbocycles. The van der Waals surface area contributed by atoms with Crippen molar-refractivity contribution in [3.63, 3.8) is 0 Å². The fraction of sp³-hybridized carbons (Fsp3) is 0.545. The van der Waals surface area contributed by atoms with Crippen LogP contribution in [0.5, 0.6) is 0 Å². The summed E-state index contributed by atoms with van der Waals surface area (Å²) in [5.41, 5.74) is 0. The van der Waals surface area contributed by atoms with Gasteiger partial charge in [-0.3, -0.25) is 0 Å². The highest BCUT2D eigenvalue weighted by atomic mass is 32.1. The lowest BCUT2D eigenvalue weighted by atomic mass is 10.1. The van der Waals surface area contributed by atoms with Crippen LogP contribution in [0.4, 0.5) is 5.13 Å². The number of hydrogen-bond acceptors (Lipinski definition) is 6. The Morgan fingerprint density at radius 3 is 3.06 bits per heavy atom. The first-order valence-corrected chi connectivity index (χ1v) is 6.71. The molecule has 96 valence electrons. The fourth-order valence-corrected chi connectivity index (χ4v) is 2.81. The summed E-state index contributed by atoms with van der Waals surface area (Å²) in [6.07, 6.45) is 4.66. The van der Waals surface area contributed by atoms with Gasteiger partial charge in [0, 0.05) is 26.0 Å². The molecule has 0 aliphatic carbocycles. The summed E-state index contributed by atoms with van der Waals surface area (Å²) < 4.78 is 7.78. The Morgan fingerprint density at radius 2 is 2.39 bits per heavy atom. The van der Waals surface area contributed by atoms with E-state index in [1.54, 1.807) is 17.5 Å². The molecule has 7 heteroatoms. The second-order valence-electron chi connectivity index (χ2n) is 4.35. The number of aromatic nitrogens is 4. The summed E-state index contributed by atoms with van der Waals surface area (Å²) in [6, 6.07) is 0.207. The maximum Gasteiger partial charge on any atom is 0.205 e. The van der Waals surface area contributed by atoms with Crippen LogP contribution in [0, 0.1) is 6.92 Å². The van der Waals surface area contributed by atoms with Crippen LogP contribution in [-0.2, 0) is 11.8 Å². The van der Waals surface area contributed by atoms with Crippen molar-refractivity contribution in [2.75, 3.05) is 11.9 Å². The summed E-state index contributed by atoms with van der Waals surface area (Å²) in [6.45, 7) is 2.69. The predicted molar refractivity (Wildman–Crippen MR) is 68.6 cm³/mol. The van der Waals surface area contributed by atoms with E-state index in [-0.39, 0.29) is 12.1 Å². The SMILES string of the molecule is Cc1nnc(N[C@H]2CCO[C@@H]2c2nccn2C)s1. The number of nitrogens with zero attached hydrogens (tertiary/aromatic N) is 4. The Balaban J connectivity index is 1.77. The molecule has 0 amide bonds. The molecule has 1 aliphatic heterocycles. The van der Waals surface area contributed by atoms with Crippen molar-refractivity contribution < 1.29 is 4.74 Å². The molecule has 0 bridgehead atoms. The van der Waals surface area contributed by atoms with Gasteiger partial charge in [0.1, 0.15) is 16.9 Å². The van der Waals surface area contributed by atoms with Crippen molar-refractivity contribution in [2.45, 2.75) is 25.5 Å². The van der Waals surface area contributed by atoms with E-state index < -0.39 is 0 Å². The monoisotopic (exact) mass is 265 g/mol. The molecule has 0 unspecified atom stereocenters. The average molecular weight is 265 g/mol. The normalized spacial score (nSPS) is 23.4. The summed E-state index contributed by atoms with van der Waals surface area (Å²) in [4.78, 5) is 4.36. The van der Waals surface area contributed by atoms with Gasteiger partial charge in [-0.1, -0.05) is 11.3 Å². The van der Waals surface area contributed by atoms with Gasteiger partial charge >= 0.3 is 0 Å². The zero-order valence-electron chi connectivity index (χ0n) is 10.3. The zero-order chi connectivity index (χ0) is 12.5.